The molecule has 0 fully saturated rings. The lowest BCUT2D eigenvalue weighted by Gasteiger charge is -2.14. The van der Waals surface area contributed by atoms with Gasteiger partial charge in [0.15, 0.2) is 11.5 Å². The van der Waals surface area contributed by atoms with Gasteiger partial charge in [0, 0.05) is 17.7 Å². The van der Waals surface area contributed by atoms with Crippen LogP contribution >= 0.6 is 0 Å². The number of carbonyl (C=O) groups excluding carboxylic acids is 1. The number of methoxy groups -OCH3 is 2. The first-order chi connectivity index (χ1) is 9.17. The highest BCUT2D eigenvalue weighted by molar-refractivity contribution is 5.95. The molecule has 4 nitrogen and oxygen atoms in total. The molecule has 0 radical (unpaired) electrons. The van der Waals surface area contributed by atoms with E-state index in [-0.39, 0.29) is 5.91 Å². The van der Waals surface area contributed by atoms with E-state index in [4.69, 9.17) is 9.47 Å². The predicted octanol–water partition coefficient (Wildman–Crippen LogP) is 2.57. The number of ether oxygens (including phenoxy) is 2. The second kappa shape index (κ2) is 7.46. The highest BCUT2D eigenvalue weighted by Crippen LogP contribution is 2.33. The Morgan fingerprint density at radius 2 is 2.11 bits per heavy atom. The molecule has 0 aliphatic heterocycles. The predicted molar refractivity (Wildman–Crippen MR) is 76.1 cm³/mol. The molecule has 0 bridgehead atoms. The third kappa shape index (κ3) is 3.74. The van der Waals surface area contributed by atoms with Crippen molar-refractivity contribution < 1.29 is 14.3 Å². The zero-order valence-electron chi connectivity index (χ0n) is 11.8. The molecule has 0 aliphatic carbocycles. The first-order valence-electron chi connectivity index (χ1n) is 6.31. The lowest BCUT2D eigenvalue weighted by atomic mass is 10.0. The fraction of sp³-hybridized carbons (Fsp3) is 0.400. The van der Waals surface area contributed by atoms with Gasteiger partial charge in [0.25, 0.3) is 5.91 Å². The minimum absolute atomic E-state index is 0.104. The lowest BCUT2D eigenvalue weighted by molar-refractivity contribution is 0.0953. The quantitative estimate of drug-likeness (QED) is 0.769. The number of hydrogen-bond acceptors (Lipinski definition) is 3. The average Bonchev–Trinajstić information content (AvgIpc) is 2.44. The Balaban J connectivity index is 3.16. The Labute approximate surface area is 114 Å². The number of benzene rings is 1. The van der Waals surface area contributed by atoms with Gasteiger partial charge in [0.1, 0.15) is 0 Å². The zero-order valence-corrected chi connectivity index (χ0v) is 11.8. The molecule has 104 valence electrons. The van der Waals surface area contributed by atoms with Crippen LogP contribution in [0.15, 0.2) is 24.8 Å². The maximum absolute atomic E-state index is 12.0. The highest BCUT2D eigenvalue weighted by atomic mass is 16.5. The van der Waals surface area contributed by atoms with Gasteiger partial charge in [-0.2, -0.15) is 0 Å². The number of carbonyl (C=O) groups is 1. The van der Waals surface area contributed by atoms with Crippen molar-refractivity contribution >= 4 is 5.91 Å². The molecule has 0 aliphatic rings. The summed E-state index contributed by atoms with van der Waals surface area (Å²) in [6.45, 7) is 6.38. The fourth-order valence-corrected chi connectivity index (χ4v) is 1.82. The molecule has 0 saturated carbocycles. The number of rotatable bonds is 7. The largest absolute Gasteiger partial charge is 0.493 e. The van der Waals surface area contributed by atoms with Crippen molar-refractivity contribution in [3.05, 3.63) is 35.9 Å². The summed E-state index contributed by atoms with van der Waals surface area (Å²) in [5, 5.41) is 2.85. The Hall–Kier alpha value is -1.97. The maximum Gasteiger partial charge on any atom is 0.251 e. The summed E-state index contributed by atoms with van der Waals surface area (Å²) in [6.07, 6.45) is 3.29. The molecule has 1 aromatic rings. The number of nitrogens with one attached hydrogen (secondary N) is 1. The van der Waals surface area contributed by atoms with Gasteiger partial charge in [-0.25, -0.2) is 0 Å². The summed E-state index contributed by atoms with van der Waals surface area (Å²) >= 11 is 0. The summed E-state index contributed by atoms with van der Waals surface area (Å²) in [7, 11) is 3.14. The van der Waals surface area contributed by atoms with Gasteiger partial charge in [0.05, 0.1) is 14.2 Å². The van der Waals surface area contributed by atoms with E-state index in [1.807, 2.05) is 13.0 Å². The van der Waals surface area contributed by atoms with Crippen LogP contribution < -0.4 is 14.8 Å². The second-order valence-electron chi connectivity index (χ2n) is 4.12. The fourth-order valence-electron chi connectivity index (χ4n) is 1.82. The summed E-state index contributed by atoms with van der Waals surface area (Å²) < 4.78 is 10.6. The first kappa shape index (κ1) is 15.1. The van der Waals surface area contributed by atoms with Crippen molar-refractivity contribution in [3.63, 3.8) is 0 Å². The molecule has 1 amide bonds. The van der Waals surface area contributed by atoms with Crippen LogP contribution in [0.1, 0.15) is 29.3 Å². The summed E-state index contributed by atoms with van der Waals surface area (Å²) in [4.78, 5) is 12.0. The maximum atomic E-state index is 12.0. The molecular formula is C15H21NO3. The van der Waals surface area contributed by atoms with Gasteiger partial charge in [-0.05, 0) is 25.0 Å². The SMILES string of the molecule is C=CCc1cc(C(=O)NCCC)cc(OC)c1OC. The van der Waals surface area contributed by atoms with Crippen molar-refractivity contribution in [2.45, 2.75) is 19.8 Å². The van der Waals surface area contributed by atoms with Crippen LogP contribution in [0.25, 0.3) is 0 Å². The molecule has 1 rings (SSSR count). The third-order valence-electron chi connectivity index (χ3n) is 2.72. The lowest BCUT2D eigenvalue weighted by Crippen LogP contribution is -2.24. The topological polar surface area (TPSA) is 47.6 Å². The van der Waals surface area contributed by atoms with Crippen molar-refractivity contribution in [1.82, 2.24) is 5.32 Å². The summed E-state index contributed by atoms with van der Waals surface area (Å²) in [6, 6.07) is 3.50. The molecule has 19 heavy (non-hydrogen) atoms. The molecule has 0 heterocycles. The normalized spacial score (nSPS) is 9.84. The average molecular weight is 263 g/mol. The minimum Gasteiger partial charge on any atom is -0.493 e. The van der Waals surface area contributed by atoms with Crippen LogP contribution in [0.3, 0.4) is 0 Å². The highest BCUT2D eigenvalue weighted by Gasteiger charge is 2.15. The Morgan fingerprint density at radius 3 is 2.63 bits per heavy atom. The summed E-state index contributed by atoms with van der Waals surface area (Å²) in [5.74, 6) is 1.10. The van der Waals surface area contributed by atoms with Gasteiger partial charge < -0.3 is 14.8 Å². The van der Waals surface area contributed by atoms with Crippen LogP contribution in [0, 0.1) is 0 Å². The number of amides is 1. The van der Waals surface area contributed by atoms with E-state index in [9.17, 15) is 4.79 Å². The standard InChI is InChI=1S/C15H21NO3/c1-5-7-11-9-12(15(17)16-8-6-2)10-13(18-3)14(11)19-4/h5,9-10H,1,6-8H2,2-4H3,(H,16,17). The van der Waals surface area contributed by atoms with Crippen molar-refractivity contribution in [2.24, 2.45) is 0 Å². The number of allylic oxidation sites excluding steroid dienone is 1. The van der Waals surface area contributed by atoms with Gasteiger partial charge in [-0.15, -0.1) is 6.58 Å². The van der Waals surface area contributed by atoms with Crippen LogP contribution in [0.4, 0.5) is 0 Å². The molecule has 0 aromatic heterocycles. The molecular weight excluding hydrogens is 242 g/mol. The second-order valence-corrected chi connectivity index (χ2v) is 4.12. The van der Waals surface area contributed by atoms with E-state index in [1.54, 1.807) is 26.4 Å². The van der Waals surface area contributed by atoms with E-state index in [1.165, 1.54) is 0 Å². The van der Waals surface area contributed by atoms with Crippen LogP contribution in [-0.4, -0.2) is 26.7 Å². The molecule has 0 spiro atoms. The monoisotopic (exact) mass is 263 g/mol. The van der Waals surface area contributed by atoms with E-state index in [0.29, 0.717) is 30.0 Å². The molecule has 0 saturated heterocycles. The zero-order chi connectivity index (χ0) is 14.3. The van der Waals surface area contributed by atoms with E-state index < -0.39 is 0 Å². The van der Waals surface area contributed by atoms with E-state index in [0.717, 1.165) is 12.0 Å². The summed E-state index contributed by atoms with van der Waals surface area (Å²) in [5.41, 5.74) is 1.46. The number of hydrogen-bond donors (Lipinski definition) is 1. The van der Waals surface area contributed by atoms with Crippen LogP contribution in [-0.2, 0) is 6.42 Å². The van der Waals surface area contributed by atoms with E-state index >= 15 is 0 Å². The third-order valence-corrected chi connectivity index (χ3v) is 2.72. The minimum atomic E-state index is -0.104. The van der Waals surface area contributed by atoms with Crippen LogP contribution in [0.5, 0.6) is 11.5 Å². The van der Waals surface area contributed by atoms with Gasteiger partial charge in [-0.1, -0.05) is 13.0 Å². The van der Waals surface area contributed by atoms with Gasteiger partial charge in [-0.3, -0.25) is 4.79 Å². The molecule has 0 atom stereocenters. The molecule has 1 aromatic carbocycles. The smallest absolute Gasteiger partial charge is 0.251 e. The Morgan fingerprint density at radius 1 is 1.37 bits per heavy atom. The van der Waals surface area contributed by atoms with Crippen LogP contribution in [0.2, 0.25) is 0 Å². The van der Waals surface area contributed by atoms with Gasteiger partial charge in [0.2, 0.25) is 0 Å². The van der Waals surface area contributed by atoms with E-state index in [2.05, 4.69) is 11.9 Å². The molecule has 1 N–H and O–H groups in total. The van der Waals surface area contributed by atoms with Crippen molar-refractivity contribution in [1.29, 1.82) is 0 Å². The van der Waals surface area contributed by atoms with Crippen molar-refractivity contribution in [2.75, 3.05) is 20.8 Å². The van der Waals surface area contributed by atoms with Crippen molar-refractivity contribution in [3.8, 4) is 11.5 Å². The Kier molecular flexibility index (Phi) is 5.93. The molecule has 0 unspecified atom stereocenters. The van der Waals surface area contributed by atoms with Gasteiger partial charge >= 0.3 is 0 Å². The Bertz CT molecular complexity index is 455. The molecule has 4 heteroatoms. The first-order valence-corrected chi connectivity index (χ1v) is 6.31.